The highest BCUT2D eigenvalue weighted by atomic mass is 35.5. The molecule has 0 fully saturated rings. The Kier molecular flexibility index (Phi) is 5.29. The summed E-state index contributed by atoms with van der Waals surface area (Å²) in [5.74, 6) is 1.50. The van der Waals surface area contributed by atoms with Gasteiger partial charge in [0.25, 0.3) is 5.56 Å². The molecule has 0 N–H and O–H groups in total. The Morgan fingerprint density at radius 3 is 2.85 bits per heavy atom. The van der Waals surface area contributed by atoms with E-state index in [2.05, 4.69) is 10.1 Å². The molecule has 2 heterocycles. The maximum atomic E-state index is 12.5. The van der Waals surface area contributed by atoms with Crippen molar-refractivity contribution in [1.29, 1.82) is 0 Å². The average Bonchev–Trinajstić information content (AvgIpc) is 3.04. The van der Waals surface area contributed by atoms with E-state index in [9.17, 15) is 4.79 Å². The van der Waals surface area contributed by atoms with Crippen molar-refractivity contribution in [2.24, 2.45) is 5.10 Å². The van der Waals surface area contributed by atoms with Gasteiger partial charge < -0.3 is 9.47 Å². The van der Waals surface area contributed by atoms with Crippen molar-refractivity contribution in [3.05, 3.63) is 50.3 Å². The monoisotopic (exact) mass is 391 g/mol. The lowest BCUT2D eigenvalue weighted by Crippen LogP contribution is -2.19. The van der Waals surface area contributed by atoms with Crippen molar-refractivity contribution in [2.45, 2.75) is 26.9 Å². The van der Waals surface area contributed by atoms with Gasteiger partial charge in [0.15, 0.2) is 11.5 Å². The summed E-state index contributed by atoms with van der Waals surface area (Å²) in [6.45, 7) is 5.56. The number of benzene rings is 1. The molecule has 0 aliphatic heterocycles. The highest BCUT2D eigenvalue weighted by Crippen LogP contribution is 2.36. The number of halogens is 1. The summed E-state index contributed by atoms with van der Waals surface area (Å²) >= 11 is 7.75. The van der Waals surface area contributed by atoms with E-state index >= 15 is 0 Å². The fraction of sp³-hybridized carbons (Fsp3) is 0.278. The Bertz CT molecular complexity index is 1040. The van der Waals surface area contributed by atoms with E-state index in [1.165, 1.54) is 16.0 Å². The van der Waals surface area contributed by atoms with Crippen LogP contribution in [0, 0.1) is 6.92 Å². The van der Waals surface area contributed by atoms with Crippen molar-refractivity contribution in [3.63, 3.8) is 0 Å². The normalized spacial score (nSPS) is 11.6. The molecule has 0 unspecified atom stereocenters. The minimum atomic E-state index is -0.206. The fourth-order valence-electron chi connectivity index (χ4n) is 2.43. The molecule has 136 valence electrons. The SMILES string of the molecule is COc1cc(C=Nn2c(C)nc3sccc3c2=O)cc(Cl)c1OC(C)C. The van der Waals surface area contributed by atoms with E-state index in [1.54, 1.807) is 38.4 Å². The van der Waals surface area contributed by atoms with Crippen LogP contribution in [0.1, 0.15) is 25.2 Å². The number of aromatic nitrogens is 2. The Morgan fingerprint density at radius 1 is 1.38 bits per heavy atom. The number of ether oxygens (including phenoxy) is 2. The molecule has 0 aliphatic carbocycles. The molecule has 0 saturated carbocycles. The minimum absolute atomic E-state index is 0.0365. The van der Waals surface area contributed by atoms with Gasteiger partial charge in [-0.1, -0.05) is 11.6 Å². The summed E-state index contributed by atoms with van der Waals surface area (Å²) in [5, 5.41) is 7.08. The average molecular weight is 392 g/mol. The summed E-state index contributed by atoms with van der Waals surface area (Å²) in [7, 11) is 1.54. The molecule has 1 aromatic carbocycles. The van der Waals surface area contributed by atoms with E-state index in [1.807, 2.05) is 19.2 Å². The summed E-state index contributed by atoms with van der Waals surface area (Å²) < 4.78 is 12.3. The minimum Gasteiger partial charge on any atom is -0.493 e. The molecule has 0 atom stereocenters. The van der Waals surface area contributed by atoms with Crippen LogP contribution < -0.4 is 15.0 Å². The van der Waals surface area contributed by atoms with Gasteiger partial charge in [0, 0.05) is 0 Å². The van der Waals surface area contributed by atoms with Gasteiger partial charge in [-0.05, 0) is 49.9 Å². The van der Waals surface area contributed by atoms with Crippen LogP contribution in [-0.2, 0) is 0 Å². The third-order valence-electron chi connectivity index (χ3n) is 3.57. The Hall–Kier alpha value is -2.38. The van der Waals surface area contributed by atoms with Crippen LogP contribution in [0.4, 0.5) is 0 Å². The van der Waals surface area contributed by atoms with E-state index in [0.29, 0.717) is 38.1 Å². The van der Waals surface area contributed by atoms with Crippen LogP contribution in [0.2, 0.25) is 5.02 Å². The van der Waals surface area contributed by atoms with E-state index < -0.39 is 0 Å². The number of aryl methyl sites for hydroxylation is 1. The quantitative estimate of drug-likeness (QED) is 0.614. The number of methoxy groups -OCH3 is 1. The van der Waals surface area contributed by atoms with Crippen molar-refractivity contribution in [3.8, 4) is 11.5 Å². The third kappa shape index (κ3) is 3.59. The lowest BCUT2D eigenvalue weighted by Gasteiger charge is -2.15. The maximum absolute atomic E-state index is 12.5. The third-order valence-corrected chi connectivity index (χ3v) is 4.65. The molecule has 0 spiro atoms. The van der Waals surface area contributed by atoms with Gasteiger partial charge in [0.2, 0.25) is 0 Å². The predicted octanol–water partition coefficient (Wildman–Crippen LogP) is 4.10. The second-order valence-electron chi connectivity index (χ2n) is 5.86. The highest BCUT2D eigenvalue weighted by Gasteiger charge is 2.13. The van der Waals surface area contributed by atoms with Crippen LogP contribution in [-0.4, -0.2) is 29.1 Å². The molecule has 2 aromatic heterocycles. The molecule has 3 aromatic rings. The van der Waals surface area contributed by atoms with Crippen LogP contribution in [0.25, 0.3) is 10.2 Å². The van der Waals surface area contributed by atoms with Gasteiger partial charge in [-0.15, -0.1) is 11.3 Å². The Balaban J connectivity index is 2.01. The summed E-state index contributed by atoms with van der Waals surface area (Å²) in [5.41, 5.74) is 0.475. The van der Waals surface area contributed by atoms with E-state index in [-0.39, 0.29) is 11.7 Å². The molecule has 6 nitrogen and oxygen atoms in total. The number of thiophene rings is 1. The first-order valence-electron chi connectivity index (χ1n) is 7.96. The largest absolute Gasteiger partial charge is 0.493 e. The van der Waals surface area contributed by atoms with Gasteiger partial charge in [0.05, 0.1) is 29.8 Å². The molecule has 0 aliphatic rings. The highest BCUT2D eigenvalue weighted by molar-refractivity contribution is 7.16. The number of fused-ring (bicyclic) bond motifs is 1. The maximum Gasteiger partial charge on any atom is 0.282 e. The lowest BCUT2D eigenvalue weighted by molar-refractivity contribution is 0.230. The number of rotatable bonds is 5. The van der Waals surface area contributed by atoms with Crippen LogP contribution in [0.15, 0.2) is 33.5 Å². The van der Waals surface area contributed by atoms with E-state index in [4.69, 9.17) is 21.1 Å². The van der Waals surface area contributed by atoms with Gasteiger partial charge in [0.1, 0.15) is 10.7 Å². The zero-order valence-corrected chi connectivity index (χ0v) is 16.4. The molecular weight excluding hydrogens is 374 g/mol. The standard InChI is InChI=1S/C18H18ClN3O3S/c1-10(2)25-16-14(19)7-12(8-15(16)24-4)9-20-22-11(3)21-17-13(18(22)23)5-6-26-17/h5-10H,1-4H3. The first-order valence-corrected chi connectivity index (χ1v) is 9.22. The van der Waals surface area contributed by atoms with Gasteiger partial charge in [-0.3, -0.25) is 4.79 Å². The summed E-state index contributed by atoms with van der Waals surface area (Å²) in [4.78, 5) is 17.7. The number of hydrogen-bond donors (Lipinski definition) is 0. The Labute approximate surface area is 159 Å². The summed E-state index contributed by atoms with van der Waals surface area (Å²) in [6.07, 6.45) is 1.51. The van der Waals surface area contributed by atoms with Crippen LogP contribution in [0.3, 0.4) is 0 Å². The van der Waals surface area contributed by atoms with Crippen LogP contribution >= 0.6 is 22.9 Å². The first kappa shape index (κ1) is 18.4. The molecule has 0 amide bonds. The van der Waals surface area contributed by atoms with Crippen molar-refractivity contribution in [1.82, 2.24) is 9.66 Å². The molecule has 0 radical (unpaired) electrons. The van der Waals surface area contributed by atoms with Crippen LogP contribution in [0.5, 0.6) is 11.5 Å². The zero-order valence-electron chi connectivity index (χ0n) is 14.8. The number of nitrogens with zero attached hydrogens (tertiary/aromatic N) is 3. The molecule has 8 heteroatoms. The van der Waals surface area contributed by atoms with Gasteiger partial charge in [-0.2, -0.15) is 9.78 Å². The van der Waals surface area contributed by atoms with Crippen molar-refractivity contribution in [2.75, 3.05) is 7.11 Å². The number of hydrogen-bond acceptors (Lipinski definition) is 6. The molecular formula is C18H18ClN3O3S. The first-order chi connectivity index (χ1) is 12.4. The molecule has 0 bridgehead atoms. The fourth-order valence-corrected chi connectivity index (χ4v) is 3.49. The molecule has 26 heavy (non-hydrogen) atoms. The Morgan fingerprint density at radius 2 is 2.15 bits per heavy atom. The van der Waals surface area contributed by atoms with E-state index in [0.717, 1.165) is 0 Å². The topological polar surface area (TPSA) is 65.7 Å². The van der Waals surface area contributed by atoms with Crippen molar-refractivity contribution < 1.29 is 9.47 Å². The predicted molar refractivity (Wildman–Crippen MR) is 105 cm³/mol. The lowest BCUT2D eigenvalue weighted by atomic mass is 10.2. The zero-order chi connectivity index (χ0) is 18.8. The molecule has 0 saturated heterocycles. The second kappa shape index (κ2) is 7.47. The molecule has 3 rings (SSSR count). The van der Waals surface area contributed by atoms with Crippen molar-refractivity contribution >= 4 is 39.4 Å². The van der Waals surface area contributed by atoms with Gasteiger partial charge >= 0.3 is 0 Å². The smallest absolute Gasteiger partial charge is 0.282 e. The summed E-state index contributed by atoms with van der Waals surface area (Å²) in [6, 6.07) is 5.21. The second-order valence-corrected chi connectivity index (χ2v) is 7.16. The van der Waals surface area contributed by atoms with Gasteiger partial charge in [-0.25, -0.2) is 4.98 Å².